The highest BCUT2D eigenvalue weighted by atomic mass is 32.2. The lowest BCUT2D eigenvalue weighted by atomic mass is 9.98. The molecule has 1 aliphatic rings. The maximum Gasteiger partial charge on any atom is 0.339 e. The summed E-state index contributed by atoms with van der Waals surface area (Å²) in [6.07, 6.45) is -2.71. The molecule has 5 aromatic rings. The van der Waals surface area contributed by atoms with Gasteiger partial charge in [0.1, 0.15) is 36.5 Å². The van der Waals surface area contributed by atoms with Crippen LogP contribution in [0.3, 0.4) is 0 Å². The Balaban J connectivity index is 1.34. The Morgan fingerprint density at radius 1 is 0.549 bits per heavy atom. The molecular weight excluding hydrogens is 665 g/mol. The van der Waals surface area contributed by atoms with Gasteiger partial charge in [-0.2, -0.15) is 0 Å². The van der Waals surface area contributed by atoms with Crippen molar-refractivity contribution in [1.29, 1.82) is 0 Å². The smallest absolute Gasteiger partial charge is 0.339 e. The fourth-order valence-electron chi connectivity index (χ4n) is 5.79. The molecule has 0 saturated carbocycles. The van der Waals surface area contributed by atoms with Crippen LogP contribution in [0.1, 0.15) is 37.4 Å². The van der Waals surface area contributed by atoms with Gasteiger partial charge in [0.15, 0.2) is 0 Å². The number of ether oxygens (including phenoxy) is 6. The monoisotopic (exact) mass is 704 g/mol. The first-order chi connectivity index (χ1) is 25.1. The summed E-state index contributed by atoms with van der Waals surface area (Å²) < 4.78 is 37.8. The van der Waals surface area contributed by atoms with Crippen molar-refractivity contribution in [1.82, 2.24) is 0 Å². The molecule has 262 valence electrons. The molecule has 1 saturated heterocycles. The van der Waals surface area contributed by atoms with E-state index in [1.807, 2.05) is 121 Å². The summed E-state index contributed by atoms with van der Waals surface area (Å²) in [5, 5.41) is 0. The molecule has 0 radical (unpaired) electrons. The van der Waals surface area contributed by atoms with Gasteiger partial charge in [-0.25, -0.2) is 9.59 Å². The van der Waals surface area contributed by atoms with Gasteiger partial charge in [0.25, 0.3) is 0 Å². The largest absolute Gasteiger partial charge is 0.465 e. The molecule has 1 fully saturated rings. The van der Waals surface area contributed by atoms with Crippen LogP contribution in [0.25, 0.3) is 0 Å². The fraction of sp³-hybridized carbons (Fsp3) is 0.238. The number of carbonyl (C=O) groups is 2. The maximum absolute atomic E-state index is 13.5. The summed E-state index contributed by atoms with van der Waals surface area (Å²) in [4.78, 5) is 26.9. The number of methoxy groups -OCH3 is 1. The lowest BCUT2D eigenvalue weighted by Gasteiger charge is -2.45. The minimum Gasteiger partial charge on any atom is -0.465 e. The zero-order valence-electron chi connectivity index (χ0n) is 28.2. The van der Waals surface area contributed by atoms with Crippen molar-refractivity contribution in [3.63, 3.8) is 0 Å². The molecule has 1 heterocycles. The average molecular weight is 705 g/mol. The van der Waals surface area contributed by atoms with Gasteiger partial charge >= 0.3 is 11.9 Å². The molecule has 5 aromatic carbocycles. The summed E-state index contributed by atoms with van der Waals surface area (Å²) in [5.74, 6) is -1.31. The molecule has 5 atom stereocenters. The topological polar surface area (TPSA) is 89.5 Å². The van der Waals surface area contributed by atoms with Gasteiger partial charge in [-0.3, -0.25) is 0 Å². The van der Waals surface area contributed by atoms with Crippen LogP contribution in [-0.4, -0.2) is 55.5 Å². The normalized spacial score (nSPS) is 20.0. The van der Waals surface area contributed by atoms with Crippen LogP contribution in [0.15, 0.2) is 150 Å². The predicted octanol–water partition coefficient (Wildman–Crippen LogP) is 7.90. The van der Waals surface area contributed by atoms with Crippen LogP contribution in [0.5, 0.6) is 0 Å². The third-order valence-corrected chi connectivity index (χ3v) is 9.53. The predicted molar refractivity (Wildman–Crippen MR) is 194 cm³/mol. The van der Waals surface area contributed by atoms with E-state index in [0.717, 1.165) is 21.6 Å². The summed E-state index contributed by atoms with van der Waals surface area (Å²) in [5.41, 5.74) is 2.59. The van der Waals surface area contributed by atoms with Gasteiger partial charge in [-0.05, 0) is 41.0 Å². The zero-order valence-corrected chi connectivity index (χ0v) is 29.1. The Bertz CT molecular complexity index is 1810. The number of rotatable bonds is 15. The highest BCUT2D eigenvalue weighted by Gasteiger charge is 2.49. The van der Waals surface area contributed by atoms with Crippen molar-refractivity contribution < 1.29 is 38.0 Å². The van der Waals surface area contributed by atoms with Crippen LogP contribution in [0.4, 0.5) is 0 Å². The van der Waals surface area contributed by atoms with Crippen LogP contribution in [0, 0.1) is 0 Å². The standard InChI is InChI=1S/C42H40O8S/c1-45-40(43)34-24-14-15-25-35(34)41(44)49-29-36-37(46-26-30-16-6-2-7-17-30)38(47-27-31-18-8-3-9-19-31)39(48-28-32-20-10-4-11-21-32)42(50-36)51-33-22-12-5-13-23-33/h2-25,36-39,42H,26-29H2,1H3/t36-,37-,38+,39-,42-/m1/s1. The molecule has 51 heavy (non-hydrogen) atoms. The molecule has 8 nitrogen and oxygen atoms in total. The van der Waals surface area contributed by atoms with Crippen LogP contribution in [0.2, 0.25) is 0 Å². The minimum absolute atomic E-state index is 0.0954. The minimum atomic E-state index is -0.762. The molecule has 0 N–H and O–H groups in total. The first-order valence-corrected chi connectivity index (χ1v) is 17.6. The Hall–Kier alpha value is -4.77. The summed E-state index contributed by atoms with van der Waals surface area (Å²) in [7, 11) is 1.27. The van der Waals surface area contributed by atoms with Crippen molar-refractivity contribution >= 4 is 23.7 Å². The Kier molecular flexibility index (Phi) is 13.0. The maximum atomic E-state index is 13.5. The van der Waals surface area contributed by atoms with E-state index in [-0.39, 0.29) is 24.3 Å². The number of carbonyl (C=O) groups excluding carboxylic acids is 2. The fourth-order valence-corrected chi connectivity index (χ4v) is 6.94. The molecule has 0 aliphatic carbocycles. The van der Waals surface area contributed by atoms with Gasteiger partial charge in [-0.15, -0.1) is 0 Å². The quantitative estimate of drug-likeness (QED) is 0.101. The molecule has 9 heteroatoms. The Morgan fingerprint density at radius 2 is 0.980 bits per heavy atom. The summed E-state index contributed by atoms with van der Waals surface area (Å²) >= 11 is 1.51. The van der Waals surface area contributed by atoms with Crippen molar-refractivity contribution in [2.24, 2.45) is 0 Å². The summed E-state index contributed by atoms with van der Waals surface area (Å²) in [6.45, 7) is 0.707. The highest BCUT2D eigenvalue weighted by Crippen LogP contribution is 2.38. The van der Waals surface area contributed by atoms with Crippen LogP contribution >= 0.6 is 11.8 Å². The molecule has 0 bridgehead atoms. The van der Waals surface area contributed by atoms with Gasteiger partial charge in [0.2, 0.25) is 0 Å². The van der Waals surface area contributed by atoms with Crippen molar-refractivity contribution in [2.45, 2.75) is 54.6 Å². The third-order valence-electron chi connectivity index (χ3n) is 8.37. The van der Waals surface area contributed by atoms with E-state index in [4.69, 9.17) is 28.4 Å². The van der Waals surface area contributed by atoms with Gasteiger partial charge < -0.3 is 28.4 Å². The van der Waals surface area contributed by atoms with Gasteiger partial charge in [-0.1, -0.05) is 133 Å². The molecule has 0 aromatic heterocycles. The first-order valence-electron chi connectivity index (χ1n) is 16.8. The van der Waals surface area contributed by atoms with Gasteiger partial charge in [0.05, 0.1) is 38.1 Å². The van der Waals surface area contributed by atoms with E-state index in [0.29, 0.717) is 13.2 Å². The second-order valence-corrected chi connectivity index (χ2v) is 13.1. The van der Waals surface area contributed by atoms with Crippen LogP contribution in [-0.2, 0) is 48.2 Å². The van der Waals surface area contributed by atoms with E-state index in [1.54, 1.807) is 12.1 Å². The summed E-state index contributed by atoms with van der Waals surface area (Å²) in [6, 6.07) is 46.0. The second-order valence-electron chi connectivity index (χ2n) is 11.9. The number of thioether (sulfide) groups is 1. The molecule has 0 amide bonds. The van der Waals surface area contributed by atoms with E-state index < -0.39 is 41.8 Å². The third kappa shape index (κ3) is 9.94. The average Bonchev–Trinajstić information content (AvgIpc) is 3.19. The van der Waals surface area contributed by atoms with Crippen molar-refractivity contribution in [3.8, 4) is 0 Å². The van der Waals surface area contributed by atoms with Crippen LogP contribution < -0.4 is 0 Å². The lowest BCUT2D eigenvalue weighted by Crippen LogP contribution is -2.60. The zero-order chi connectivity index (χ0) is 35.3. The Morgan fingerprint density at radius 3 is 1.49 bits per heavy atom. The molecule has 0 unspecified atom stereocenters. The molecular formula is C42H40O8S. The lowest BCUT2D eigenvalue weighted by molar-refractivity contribution is -0.251. The molecule has 1 aliphatic heterocycles. The van der Waals surface area contributed by atoms with E-state index in [1.165, 1.54) is 31.0 Å². The number of esters is 2. The van der Waals surface area contributed by atoms with Crippen molar-refractivity contribution in [3.05, 3.63) is 173 Å². The molecule has 6 rings (SSSR count). The SMILES string of the molecule is COC(=O)c1ccccc1C(=O)OC[C@H]1O[C@H](Sc2ccccc2)[C@H](OCc2ccccc2)[C@@H](OCc2ccccc2)[C@@H]1OCc1ccccc1. The number of benzene rings is 5. The second kappa shape index (κ2) is 18.5. The van der Waals surface area contributed by atoms with E-state index in [9.17, 15) is 9.59 Å². The van der Waals surface area contributed by atoms with E-state index >= 15 is 0 Å². The highest BCUT2D eigenvalue weighted by molar-refractivity contribution is 7.99. The molecule has 0 spiro atoms. The van der Waals surface area contributed by atoms with Gasteiger partial charge in [0, 0.05) is 4.90 Å². The van der Waals surface area contributed by atoms with E-state index in [2.05, 4.69) is 0 Å². The first kappa shape index (κ1) is 36.0. The number of hydrogen-bond donors (Lipinski definition) is 0. The van der Waals surface area contributed by atoms with Crippen molar-refractivity contribution in [2.75, 3.05) is 13.7 Å². The Labute approximate surface area is 302 Å². The number of hydrogen-bond acceptors (Lipinski definition) is 9.